The van der Waals surface area contributed by atoms with Crippen molar-refractivity contribution in [3.8, 4) is 5.69 Å². The normalized spacial score (nSPS) is 11.6. The van der Waals surface area contributed by atoms with Crippen molar-refractivity contribution in [2.24, 2.45) is 0 Å². The molecule has 172 valence electrons. The van der Waals surface area contributed by atoms with Crippen LogP contribution in [0.4, 0.5) is 5.82 Å². The van der Waals surface area contributed by atoms with Crippen molar-refractivity contribution in [2.75, 3.05) is 5.32 Å². The molecule has 2 N–H and O–H groups in total. The first-order valence-corrected chi connectivity index (χ1v) is 12.5. The molecule has 0 aliphatic heterocycles. The summed E-state index contributed by atoms with van der Waals surface area (Å²) in [6.45, 7) is 4.80. The molecule has 0 saturated carbocycles. The molecule has 0 saturated heterocycles. The van der Waals surface area contributed by atoms with Crippen molar-refractivity contribution >= 4 is 31.8 Å². The number of hydrogen-bond donors (Lipinski definition) is 2. The quantitative estimate of drug-likeness (QED) is 0.341. The van der Waals surface area contributed by atoms with Crippen LogP contribution >= 0.6 is 15.9 Å². The van der Waals surface area contributed by atoms with E-state index in [-0.39, 0.29) is 23.8 Å². The largest absolute Gasteiger partial charge is 0.363 e. The van der Waals surface area contributed by atoms with Crippen molar-refractivity contribution in [3.63, 3.8) is 0 Å². The summed E-state index contributed by atoms with van der Waals surface area (Å²) in [5, 5.41) is 16.0. The van der Waals surface area contributed by atoms with E-state index in [9.17, 15) is 8.42 Å². The average Bonchev–Trinajstić information content (AvgIpc) is 3.45. The van der Waals surface area contributed by atoms with E-state index < -0.39 is 10.0 Å². The zero-order chi connectivity index (χ0) is 23.4. The molecule has 0 unspecified atom stereocenters. The van der Waals surface area contributed by atoms with Gasteiger partial charge in [0.2, 0.25) is 10.0 Å². The Morgan fingerprint density at radius 1 is 1.09 bits per heavy atom. The molecule has 0 aliphatic rings. The lowest BCUT2D eigenvalue weighted by Gasteiger charge is -2.13. The van der Waals surface area contributed by atoms with E-state index in [1.54, 1.807) is 42.2 Å². The summed E-state index contributed by atoms with van der Waals surface area (Å²) in [6, 6.07) is 12.6. The number of aromatic nitrogens is 6. The van der Waals surface area contributed by atoms with Gasteiger partial charge >= 0.3 is 0 Å². The number of hydrogen-bond acceptors (Lipinski definition) is 7. The second-order valence-corrected chi connectivity index (χ2v) is 9.87. The van der Waals surface area contributed by atoms with Gasteiger partial charge in [0, 0.05) is 22.9 Å². The van der Waals surface area contributed by atoms with Crippen LogP contribution in [-0.4, -0.2) is 38.2 Å². The van der Waals surface area contributed by atoms with Crippen LogP contribution in [-0.2, 0) is 29.7 Å². The fourth-order valence-corrected chi connectivity index (χ4v) is 4.70. The van der Waals surface area contributed by atoms with Crippen LogP contribution < -0.4 is 10.0 Å². The Morgan fingerprint density at radius 2 is 1.94 bits per heavy atom. The van der Waals surface area contributed by atoms with Gasteiger partial charge in [0.15, 0.2) is 0 Å². The Balaban J connectivity index is 1.50. The van der Waals surface area contributed by atoms with Gasteiger partial charge in [0.25, 0.3) is 0 Å². The van der Waals surface area contributed by atoms with E-state index in [1.165, 1.54) is 4.80 Å². The lowest BCUT2D eigenvalue weighted by molar-refractivity contribution is 0.570. The SMILES string of the molecule is CCn1nccc1CNS(=O)(=O)c1ccc(C)nc1NCc1cnn(-c2cccc(Br)c2)n1. The topological polar surface area (TPSA) is 120 Å². The Morgan fingerprint density at radius 3 is 2.73 bits per heavy atom. The van der Waals surface area contributed by atoms with E-state index in [2.05, 4.69) is 46.2 Å². The van der Waals surface area contributed by atoms with E-state index in [0.717, 1.165) is 15.9 Å². The molecule has 3 aromatic heterocycles. The van der Waals surface area contributed by atoms with E-state index in [1.807, 2.05) is 31.2 Å². The van der Waals surface area contributed by atoms with Crippen molar-refractivity contribution in [2.45, 2.75) is 38.4 Å². The maximum Gasteiger partial charge on any atom is 0.244 e. The van der Waals surface area contributed by atoms with E-state index in [0.29, 0.717) is 17.9 Å². The molecule has 0 radical (unpaired) electrons. The predicted octanol–water partition coefficient (Wildman–Crippen LogP) is 3.04. The van der Waals surface area contributed by atoms with Crippen LogP contribution in [0.3, 0.4) is 0 Å². The highest BCUT2D eigenvalue weighted by Gasteiger charge is 2.21. The highest BCUT2D eigenvalue weighted by molar-refractivity contribution is 9.10. The van der Waals surface area contributed by atoms with Crippen LogP contribution in [0.2, 0.25) is 0 Å². The molecular weight excluding hydrogens is 508 g/mol. The molecule has 0 atom stereocenters. The fraction of sp³-hybridized carbons (Fsp3) is 0.238. The number of rotatable bonds is 9. The van der Waals surface area contributed by atoms with E-state index >= 15 is 0 Å². The van der Waals surface area contributed by atoms with Gasteiger partial charge in [-0.05, 0) is 50.2 Å². The van der Waals surface area contributed by atoms with Gasteiger partial charge in [-0.25, -0.2) is 18.1 Å². The highest BCUT2D eigenvalue weighted by atomic mass is 79.9. The van der Waals surface area contributed by atoms with Gasteiger partial charge in [-0.2, -0.15) is 20.1 Å². The number of nitrogens with one attached hydrogen (secondary N) is 2. The number of pyridine rings is 1. The lowest BCUT2D eigenvalue weighted by Crippen LogP contribution is -2.26. The first-order chi connectivity index (χ1) is 15.9. The Bertz CT molecular complexity index is 1370. The second kappa shape index (κ2) is 9.81. The third-order valence-electron chi connectivity index (χ3n) is 4.85. The summed E-state index contributed by atoms with van der Waals surface area (Å²) in [5.41, 5.74) is 2.92. The van der Waals surface area contributed by atoms with Gasteiger partial charge < -0.3 is 5.32 Å². The molecule has 0 amide bonds. The van der Waals surface area contributed by atoms with Gasteiger partial charge in [-0.3, -0.25) is 4.68 Å². The molecule has 33 heavy (non-hydrogen) atoms. The first kappa shape index (κ1) is 23.1. The molecule has 1 aromatic carbocycles. The summed E-state index contributed by atoms with van der Waals surface area (Å²) in [6.07, 6.45) is 3.27. The third kappa shape index (κ3) is 5.46. The number of sulfonamides is 1. The van der Waals surface area contributed by atoms with Crippen LogP contribution in [0.25, 0.3) is 5.69 Å². The molecule has 0 bridgehead atoms. The average molecular weight is 531 g/mol. The van der Waals surface area contributed by atoms with Crippen LogP contribution in [0, 0.1) is 6.92 Å². The maximum absolute atomic E-state index is 13.0. The minimum absolute atomic E-state index is 0.0649. The standard InChI is InChI=1S/C21H23BrN8O2S/c1-3-29-19(9-10-24-29)14-26-33(31,32)20-8-7-15(2)27-21(20)23-12-17-13-25-30(28-17)18-6-4-5-16(22)11-18/h4-11,13,26H,3,12,14H2,1-2H3,(H,23,27). The van der Waals surface area contributed by atoms with Gasteiger partial charge in [-0.15, -0.1) is 0 Å². The van der Waals surface area contributed by atoms with Crippen LogP contribution in [0.1, 0.15) is 24.0 Å². The number of aryl methyl sites for hydroxylation is 2. The first-order valence-electron chi connectivity index (χ1n) is 10.2. The van der Waals surface area contributed by atoms with E-state index in [4.69, 9.17) is 0 Å². The lowest BCUT2D eigenvalue weighted by atomic mass is 10.3. The molecule has 0 aliphatic carbocycles. The summed E-state index contributed by atoms with van der Waals surface area (Å²) >= 11 is 3.44. The third-order valence-corrected chi connectivity index (χ3v) is 6.78. The maximum atomic E-state index is 13.0. The van der Waals surface area contributed by atoms with Gasteiger partial charge in [-0.1, -0.05) is 22.0 Å². The summed E-state index contributed by atoms with van der Waals surface area (Å²) < 4.78 is 31.4. The molecule has 0 spiro atoms. The zero-order valence-electron chi connectivity index (χ0n) is 18.1. The molecule has 4 aromatic rings. The minimum atomic E-state index is -3.82. The fourth-order valence-electron chi connectivity index (χ4n) is 3.20. The van der Waals surface area contributed by atoms with Crippen molar-refractivity contribution < 1.29 is 8.42 Å². The highest BCUT2D eigenvalue weighted by Crippen LogP contribution is 2.21. The summed E-state index contributed by atoms with van der Waals surface area (Å²) in [4.78, 5) is 5.98. The van der Waals surface area contributed by atoms with Crippen LogP contribution in [0.5, 0.6) is 0 Å². The van der Waals surface area contributed by atoms with Crippen LogP contribution in [0.15, 0.2) is 64.2 Å². The number of benzene rings is 1. The van der Waals surface area contributed by atoms with Crippen molar-refractivity contribution in [3.05, 3.63) is 76.4 Å². The predicted molar refractivity (Wildman–Crippen MR) is 127 cm³/mol. The smallest absolute Gasteiger partial charge is 0.244 e. The Hall–Kier alpha value is -3.09. The zero-order valence-corrected chi connectivity index (χ0v) is 20.5. The summed E-state index contributed by atoms with van der Waals surface area (Å²) in [7, 11) is -3.82. The van der Waals surface area contributed by atoms with Crippen molar-refractivity contribution in [1.29, 1.82) is 0 Å². The molecule has 12 heteroatoms. The Kier molecular flexibility index (Phi) is 6.86. The van der Waals surface area contributed by atoms with Gasteiger partial charge in [0.05, 0.1) is 30.7 Å². The number of anilines is 1. The van der Waals surface area contributed by atoms with Crippen molar-refractivity contribution in [1.82, 2.24) is 34.5 Å². The minimum Gasteiger partial charge on any atom is -0.363 e. The molecular formula is C21H23BrN8O2S. The molecule has 0 fully saturated rings. The number of nitrogens with zero attached hydrogens (tertiary/aromatic N) is 6. The van der Waals surface area contributed by atoms with Gasteiger partial charge in [0.1, 0.15) is 16.4 Å². The monoisotopic (exact) mass is 530 g/mol. The second-order valence-electron chi connectivity index (χ2n) is 7.22. The molecule has 3 heterocycles. The number of halogens is 1. The summed E-state index contributed by atoms with van der Waals surface area (Å²) in [5.74, 6) is 0.253. The molecule has 10 nitrogen and oxygen atoms in total. The molecule has 4 rings (SSSR count). The Labute approximate surface area is 200 Å².